The molecule has 2 aliphatic heterocycles. The SMILES string of the molecule is CCCNCc1ncc(-c2ccc3c(c2)CN(C)Cc2cc(-c4cnc([C@@H]5CCCN5)[nH]4)ccc2-3)[nH]1. The monoisotopic (exact) mass is 481 g/mol. The molecule has 7 nitrogen and oxygen atoms in total. The number of hydrogen-bond acceptors (Lipinski definition) is 5. The van der Waals surface area contributed by atoms with Crippen LogP contribution in [0.1, 0.15) is 55.0 Å². The molecule has 0 aliphatic carbocycles. The normalized spacial score (nSPS) is 17.7. The van der Waals surface area contributed by atoms with Crippen LogP contribution in [0.3, 0.4) is 0 Å². The van der Waals surface area contributed by atoms with Crippen LogP contribution in [-0.2, 0) is 19.6 Å². The van der Waals surface area contributed by atoms with E-state index in [1.165, 1.54) is 39.8 Å². The Kier molecular flexibility index (Phi) is 6.44. The van der Waals surface area contributed by atoms with Gasteiger partial charge in [0.15, 0.2) is 0 Å². The molecule has 7 heteroatoms. The minimum absolute atomic E-state index is 0.352. The molecule has 4 aromatic rings. The van der Waals surface area contributed by atoms with Gasteiger partial charge in [-0.25, -0.2) is 9.97 Å². The maximum atomic E-state index is 4.68. The Labute approximate surface area is 212 Å². The Morgan fingerprint density at radius 1 is 0.944 bits per heavy atom. The van der Waals surface area contributed by atoms with Crippen LogP contribution < -0.4 is 10.6 Å². The summed E-state index contributed by atoms with van der Waals surface area (Å²) in [5.74, 6) is 2.03. The number of nitrogens with zero attached hydrogens (tertiary/aromatic N) is 3. The van der Waals surface area contributed by atoms with E-state index in [4.69, 9.17) is 0 Å². The Morgan fingerprint density at radius 2 is 1.64 bits per heavy atom. The average molecular weight is 482 g/mol. The zero-order valence-corrected chi connectivity index (χ0v) is 21.2. The fourth-order valence-electron chi connectivity index (χ4n) is 5.51. The van der Waals surface area contributed by atoms with Gasteiger partial charge in [-0.15, -0.1) is 0 Å². The highest BCUT2D eigenvalue weighted by Gasteiger charge is 2.21. The zero-order valence-electron chi connectivity index (χ0n) is 21.2. The van der Waals surface area contributed by atoms with Gasteiger partial charge in [-0.2, -0.15) is 0 Å². The van der Waals surface area contributed by atoms with Gasteiger partial charge in [-0.1, -0.05) is 31.2 Å². The predicted octanol–water partition coefficient (Wildman–Crippen LogP) is 5.00. The van der Waals surface area contributed by atoms with Crippen molar-refractivity contribution in [2.45, 2.75) is 51.9 Å². The molecule has 1 fully saturated rings. The van der Waals surface area contributed by atoms with Crippen LogP contribution in [0, 0.1) is 0 Å². The van der Waals surface area contributed by atoms with E-state index in [-0.39, 0.29) is 0 Å². The van der Waals surface area contributed by atoms with Gasteiger partial charge in [-0.3, -0.25) is 4.90 Å². The lowest BCUT2D eigenvalue weighted by molar-refractivity contribution is 0.323. The molecule has 0 saturated carbocycles. The molecular weight excluding hydrogens is 446 g/mol. The molecule has 0 unspecified atom stereocenters. The van der Waals surface area contributed by atoms with Gasteiger partial charge in [0.05, 0.1) is 36.4 Å². The van der Waals surface area contributed by atoms with E-state index in [1.807, 2.05) is 12.4 Å². The number of fused-ring (bicyclic) bond motifs is 3. The van der Waals surface area contributed by atoms with Crippen molar-refractivity contribution in [1.29, 1.82) is 0 Å². The fourth-order valence-corrected chi connectivity index (χ4v) is 5.51. The van der Waals surface area contributed by atoms with E-state index in [2.05, 4.69) is 85.8 Å². The van der Waals surface area contributed by atoms with Crippen molar-refractivity contribution in [1.82, 2.24) is 35.5 Å². The number of H-pyrrole nitrogens is 2. The van der Waals surface area contributed by atoms with Crippen LogP contribution in [0.25, 0.3) is 33.6 Å². The van der Waals surface area contributed by atoms with Gasteiger partial charge in [-0.05, 0) is 84.9 Å². The Morgan fingerprint density at radius 3 is 2.31 bits per heavy atom. The van der Waals surface area contributed by atoms with Crippen LogP contribution >= 0.6 is 0 Å². The molecule has 36 heavy (non-hydrogen) atoms. The molecule has 0 amide bonds. The van der Waals surface area contributed by atoms with Crippen LogP contribution in [0.2, 0.25) is 0 Å². The second kappa shape index (κ2) is 10.0. The van der Waals surface area contributed by atoms with Crippen LogP contribution in [0.15, 0.2) is 48.8 Å². The summed E-state index contributed by atoms with van der Waals surface area (Å²) in [4.78, 5) is 18.7. The average Bonchev–Trinajstić information content (AvgIpc) is 3.65. The maximum absolute atomic E-state index is 4.68. The lowest BCUT2D eigenvalue weighted by Crippen LogP contribution is -2.15. The van der Waals surface area contributed by atoms with Gasteiger partial charge in [0.25, 0.3) is 0 Å². The van der Waals surface area contributed by atoms with Crippen LogP contribution in [0.5, 0.6) is 0 Å². The number of aromatic amines is 2. The van der Waals surface area contributed by atoms with Crippen LogP contribution in [0.4, 0.5) is 0 Å². The summed E-state index contributed by atoms with van der Waals surface area (Å²) in [7, 11) is 2.20. The molecule has 6 rings (SSSR count). The van der Waals surface area contributed by atoms with Crippen molar-refractivity contribution >= 4 is 0 Å². The second-order valence-electron chi connectivity index (χ2n) is 10.2. The second-order valence-corrected chi connectivity index (χ2v) is 10.2. The number of rotatable bonds is 7. The summed E-state index contributed by atoms with van der Waals surface area (Å²) in [6.45, 7) is 6.84. The lowest BCUT2D eigenvalue weighted by Gasteiger charge is -2.15. The van der Waals surface area contributed by atoms with E-state index in [9.17, 15) is 0 Å². The number of hydrogen-bond donors (Lipinski definition) is 4. The highest BCUT2D eigenvalue weighted by atomic mass is 15.1. The highest BCUT2D eigenvalue weighted by molar-refractivity contribution is 5.77. The number of nitrogens with one attached hydrogen (secondary N) is 4. The van der Waals surface area contributed by atoms with Gasteiger partial charge in [0.1, 0.15) is 11.6 Å². The lowest BCUT2D eigenvalue weighted by atomic mass is 9.93. The van der Waals surface area contributed by atoms with E-state index >= 15 is 0 Å². The third kappa shape index (κ3) is 4.62. The number of benzene rings is 2. The van der Waals surface area contributed by atoms with Crippen molar-refractivity contribution in [2.75, 3.05) is 20.1 Å². The summed E-state index contributed by atoms with van der Waals surface area (Å²) in [5, 5.41) is 6.94. The van der Waals surface area contributed by atoms with Gasteiger partial charge < -0.3 is 20.6 Å². The Balaban J connectivity index is 1.28. The van der Waals surface area contributed by atoms with E-state index in [0.29, 0.717) is 6.04 Å². The van der Waals surface area contributed by atoms with Gasteiger partial charge >= 0.3 is 0 Å². The van der Waals surface area contributed by atoms with Gasteiger partial charge in [0.2, 0.25) is 0 Å². The summed E-state index contributed by atoms with van der Waals surface area (Å²) in [6.07, 6.45) is 7.41. The number of aromatic nitrogens is 4. The molecule has 2 aromatic carbocycles. The minimum atomic E-state index is 0.352. The van der Waals surface area contributed by atoms with Crippen molar-refractivity contribution in [3.63, 3.8) is 0 Å². The molecule has 2 aliphatic rings. The topological polar surface area (TPSA) is 84.7 Å². The molecule has 1 atom stereocenters. The van der Waals surface area contributed by atoms with Crippen LogP contribution in [-0.4, -0.2) is 45.0 Å². The maximum Gasteiger partial charge on any atom is 0.123 e. The summed E-state index contributed by atoms with van der Waals surface area (Å²) < 4.78 is 0. The zero-order chi connectivity index (χ0) is 24.5. The fraction of sp³-hybridized carbons (Fsp3) is 0.379. The molecule has 0 radical (unpaired) electrons. The molecule has 1 saturated heterocycles. The first kappa shape index (κ1) is 23.2. The quantitative estimate of drug-likeness (QED) is 0.279. The molecule has 0 spiro atoms. The predicted molar refractivity (Wildman–Crippen MR) is 144 cm³/mol. The molecule has 2 aromatic heterocycles. The first-order valence-corrected chi connectivity index (χ1v) is 13.2. The smallest absolute Gasteiger partial charge is 0.123 e. The van der Waals surface area contributed by atoms with E-state index in [0.717, 1.165) is 68.6 Å². The van der Waals surface area contributed by atoms with E-state index < -0.39 is 0 Å². The molecule has 186 valence electrons. The van der Waals surface area contributed by atoms with Crippen molar-refractivity contribution in [3.05, 3.63) is 71.6 Å². The molecule has 4 heterocycles. The molecule has 4 N–H and O–H groups in total. The first-order valence-electron chi connectivity index (χ1n) is 13.2. The third-order valence-corrected chi connectivity index (χ3v) is 7.34. The largest absolute Gasteiger partial charge is 0.341 e. The van der Waals surface area contributed by atoms with Gasteiger partial charge in [0, 0.05) is 13.1 Å². The Hall–Kier alpha value is -3.26. The number of imidazole rings is 2. The molecule has 0 bridgehead atoms. The standard InChI is InChI=1S/C29H35N7/c1-3-10-30-16-28-32-14-26(34-28)19-6-8-23-21(12-19)17-36(2)18-22-13-20(7-9-24(22)23)27-15-33-29(35-27)25-5-4-11-31-25/h6-9,12-15,25,30-31H,3-5,10-11,16-18H2,1-2H3,(H,32,34)(H,33,35)/t25-/m0/s1. The molecular formula is C29H35N7. The third-order valence-electron chi connectivity index (χ3n) is 7.34. The highest BCUT2D eigenvalue weighted by Crippen LogP contribution is 2.36. The summed E-state index contributed by atoms with van der Waals surface area (Å²) >= 11 is 0. The van der Waals surface area contributed by atoms with E-state index in [1.54, 1.807) is 0 Å². The summed E-state index contributed by atoms with van der Waals surface area (Å²) in [5.41, 5.74) is 9.86. The van der Waals surface area contributed by atoms with Crippen molar-refractivity contribution in [3.8, 4) is 33.6 Å². The first-order chi connectivity index (χ1) is 17.7. The Bertz CT molecular complexity index is 1350. The van der Waals surface area contributed by atoms with Crippen molar-refractivity contribution in [2.24, 2.45) is 0 Å². The van der Waals surface area contributed by atoms with Crippen molar-refractivity contribution < 1.29 is 0 Å². The minimum Gasteiger partial charge on any atom is -0.341 e. The summed E-state index contributed by atoms with van der Waals surface area (Å²) in [6, 6.07) is 14.0.